The van der Waals surface area contributed by atoms with Crippen molar-refractivity contribution in [1.29, 1.82) is 0 Å². The topological polar surface area (TPSA) is 65.7 Å². The van der Waals surface area contributed by atoms with Gasteiger partial charge in [-0.25, -0.2) is 4.79 Å². The number of hydrogen-bond acceptors (Lipinski definition) is 3. The Morgan fingerprint density at radius 1 is 1.00 bits per heavy atom. The van der Waals surface area contributed by atoms with Gasteiger partial charge >= 0.3 is 5.69 Å². The van der Waals surface area contributed by atoms with Gasteiger partial charge < -0.3 is 4.98 Å². The van der Waals surface area contributed by atoms with Crippen molar-refractivity contribution < 1.29 is 0 Å². The molecule has 0 bridgehead atoms. The van der Waals surface area contributed by atoms with E-state index in [0.29, 0.717) is 5.69 Å². The highest BCUT2D eigenvalue weighted by atomic mass is 32.1. The number of aromatic nitrogens is 2. The third kappa shape index (κ3) is 1.81. The molecule has 3 aromatic rings. The molecule has 17 heavy (non-hydrogen) atoms. The lowest BCUT2D eigenvalue weighted by atomic mass is 10.2. The lowest BCUT2D eigenvalue weighted by Gasteiger charge is -1.93. The molecule has 0 unspecified atom stereocenters. The van der Waals surface area contributed by atoms with Crippen molar-refractivity contribution in [2.45, 2.75) is 0 Å². The van der Waals surface area contributed by atoms with Crippen LogP contribution < -0.4 is 11.2 Å². The van der Waals surface area contributed by atoms with E-state index in [4.69, 9.17) is 0 Å². The van der Waals surface area contributed by atoms with Gasteiger partial charge in [-0.15, -0.1) is 11.3 Å². The maximum Gasteiger partial charge on any atom is 0.326 e. The van der Waals surface area contributed by atoms with Crippen LogP contribution in [0.3, 0.4) is 0 Å². The normalized spacial score (nSPS) is 10.8. The van der Waals surface area contributed by atoms with Gasteiger partial charge in [-0.3, -0.25) is 9.78 Å². The zero-order chi connectivity index (χ0) is 11.8. The highest BCUT2D eigenvalue weighted by Crippen LogP contribution is 2.31. The summed E-state index contributed by atoms with van der Waals surface area (Å²) in [5.74, 6) is 0. The molecular formula is C12H8N2O2S. The Kier molecular flexibility index (Phi) is 2.19. The van der Waals surface area contributed by atoms with E-state index in [1.165, 1.54) is 6.07 Å². The van der Waals surface area contributed by atoms with Gasteiger partial charge in [0, 0.05) is 10.8 Å². The third-order valence-corrected chi connectivity index (χ3v) is 3.60. The number of benzene rings is 1. The maximum absolute atomic E-state index is 11.2. The highest BCUT2D eigenvalue weighted by Gasteiger charge is 2.05. The smallest absolute Gasteiger partial charge is 0.306 e. The average Bonchev–Trinajstić information content (AvgIpc) is 2.71. The molecule has 0 spiro atoms. The van der Waals surface area contributed by atoms with E-state index in [1.807, 2.05) is 30.3 Å². The van der Waals surface area contributed by atoms with Crippen molar-refractivity contribution in [3.8, 4) is 10.6 Å². The molecule has 1 aromatic carbocycles. The van der Waals surface area contributed by atoms with Crippen LogP contribution >= 0.6 is 11.3 Å². The summed E-state index contributed by atoms with van der Waals surface area (Å²) in [6.07, 6.45) is 0. The molecule has 0 aliphatic heterocycles. The molecule has 0 saturated carbocycles. The minimum Gasteiger partial charge on any atom is -0.306 e. The first-order valence-electron chi connectivity index (χ1n) is 5.05. The van der Waals surface area contributed by atoms with Crippen molar-refractivity contribution in [1.82, 2.24) is 9.97 Å². The molecule has 0 radical (unpaired) electrons. The summed E-state index contributed by atoms with van der Waals surface area (Å²) in [5, 5.41) is 1.11. The number of hydrogen-bond donors (Lipinski definition) is 2. The van der Waals surface area contributed by atoms with Gasteiger partial charge in [-0.2, -0.15) is 0 Å². The molecular weight excluding hydrogens is 236 g/mol. The number of rotatable bonds is 1. The Hall–Kier alpha value is -2.14. The minimum atomic E-state index is -0.482. The Labute approximate surface area is 99.6 Å². The molecule has 84 valence electrons. The van der Waals surface area contributed by atoms with Crippen molar-refractivity contribution in [2.24, 2.45) is 0 Å². The van der Waals surface area contributed by atoms with Crippen LogP contribution in [0.2, 0.25) is 0 Å². The summed E-state index contributed by atoms with van der Waals surface area (Å²) >= 11 is 1.54. The number of H-pyrrole nitrogens is 2. The van der Waals surface area contributed by atoms with Crippen LogP contribution in [0.25, 0.3) is 20.7 Å². The zero-order valence-corrected chi connectivity index (χ0v) is 9.51. The van der Waals surface area contributed by atoms with E-state index in [1.54, 1.807) is 11.3 Å². The molecule has 0 saturated heterocycles. The van der Waals surface area contributed by atoms with Crippen molar-refractivity contribution in [3.05, 3.63) is 57.2 Å². The number of nitrogens with one attached hydrogen (secondary N) is 2. The lowest BCUT2D eigenvalue weighted by molar-refractivity contribution is 1.04. The van der Waals surface area contributed by atoms with Gasteiger partial charge in [0.1, 0.15) is 0 Å². The summed E-state index contributed by atoms with van der Waals surface area (Å²) in [6.45, 7) is 0. The van der Waals surface area contributed by atoms with Crippen LogP contribution in [-0.4, -0.2) is 9.97 Å². The van der Waals surface area contributed by atoms with Crippen molar-refractivity contribution in [2.75, 3.05) is 0 Å². The zero-order valence-electron chi connectivity index (χ0n) is 8.69. The fraction of sp³-hybridized carbons (Fsp3) is 0. The second kappa shape index (κ2) is 3.71. The second-order valence-corrected chi connectivity index (χ2v) is 4.73. The number of thiophene rings is 1. The van der Waals surface area contributed by atoms with E-state index in [-0.39, 0.29) is 5.56 Å². The van der Waals surface area contributed by atoms with Crippen molar-refractivity contribution >= 4 is 21.4 Å². The second-order valence-electron chi connectivity index (χ2n) is 3.65. The molecule has 0 amide bonds. The summed E-state index contributed by atoms with van der Waals surface area (Å²) in [4.78, 5) is 28.1. The van der Waals surface area contributed by atoms with Gasteiger partial charge in [0.25, 0.3) is 5.56 Å². The van der Waals surface area contributed by atoms with E-state index in [9.17, 15) is 9.59 Å². The van der Waals surface area contributed by atoms with Crippen LogP contribution in [0.5, 0.6) is 0 Å². The fourth-order valence-corrected chi connectivity index (χ4v) is 2.75. The quantitative estimate of drug-likeness (QED) is 0.687. The molecule has 0 fully saturated rings. The minimum absolute atomic E-state index is 0.388. The molecule has 4 nitrogen and oxygen atoms in total. The van der Waals surface area contributed by atoms with Gasteiger partial charge in [0.2, 0.25) is 0 Å². The summed E-state index contributed by atoms with van der Waals surface area (Å²) in [6, 6.07) is 11.3. The van der Waals surface area contributed by atoms with Crippen LogP contribution in [-0.2, 0) is 0 Å². The third-order valence-electron chi connectivity index (χ3n) is 2.45. The van der Waals surface area contributed by atoms with Crippen LogP contribution in [0.4, 0.5) is 0 Å². The van der Waals surface area contributed by atoms with Crippen LogP contribution in [0.1, 0.15) is 0 Å². The maximum atomic E-state index is 11.2. The first kappa shape index (κ1) is 10.0. The predicted molar refractivity (Wildman–Crippen MR) is 68.5 cm³/mol. The van der Waals surface area contributed by atoms with Gasteiger partial charge in [-0.1, -0.05) is 18.2 Å². The lowest BCUT2D eigenvalue weighted by Crippen LogP contribution is -2.21. The van der Waals surface area contributed by atoms with E-state index >= 15 is 0 Å². The van der Waals surface area contributed by atoms with Gasteiger partial charge in [0.05, 0.1) is 10.6 Å². The molecule has 3 rings (SSSR count). The summed E-state index contributed by atoms with van der Waals surface area (Å²) < 4.78 is 1.13. The molecule has 0 aliphatic rings. The monoisotopic (exact) mass is 244 g/mol. The molecule has 0 aliphatic carbocycles. The van der Waals surface area contributed by atoms with Crippen LogP contribution in [0, 0.1) is 0 Å². The Bertz CT molecular complexity index is 736. The van der Waals surface area contributed by atoms with Gasteiger partial charge in [-0.05, 0) is 17.5 Å². The standard InChI is InChI=1S/C12H8N2O2S/c15-11-6-8(13-12(16)14-11)10-5-7-3-1-2-4-9(7)17-10/h1-6H,(H2,13,14,15,16). The van der Waals surface area contributed by atoms with Gasteiger partial charge in [0.15, 0.2) is 0 Å². The van der Waals surface area contributed by atoms with Crippen molar-refractivity contribution in [3.63, 3.8) is 0 Å². The first-order valence-corrected chi connectivity index (χ1v) is 5.87. The molecule has 2 heterocycles. The Morgan fingerprint density at radius 2 is 1.82 bits per heavy atom. The SMILES string of the molecule is O=c1cc(-c2cc3ccccc3s2)[nH]c(=O)[nH]1. The number of fused-ring (bicyclic) bond motifs is 1. The van der Waals surface area contributed by atoms with E-state index in [2.05, 4.69) is 9.97 Å². The molecule has 2 N–H and O–H groups in total. The van der Waals surface area contributed by atoms with Crippen LogP contribution in [0.15, 0.2) is 46.0 Å². The first-order chi connectivity index (χ1) is 8.22. The predicted octanol–water partition coefficient (Wildman–Crippen LogP) is 1.94. The Balaban J connectivity index is 2.27. The highest BCUT2D eigenvalue weighted by molar-refractivity contribution is 7.22. The molecule has 5 heteroatoms. The summed E-state index contributed by atoms with van der Waals surface area (Å²) in [7, 11) is 0. The van der Waals surface area contributed by atoms with E-state index in [0.717, 1.165) is 15.0 Å². The largest absolute Gasteiger partial charge is 0.326 e. The fourth-order valence-electron chi connectivity index (χ4n) is 1.72. The van der Waals surface area contributed by atoms with E-state index < -0.39 is 5.69 Å². The number of aromatic amines is 2. The Morgan fingerprint density at radius 3 is 2.59 bits per heavy atom. The molecule has 0 atom stereocenters. The molecule has 2 aromatic heterocycles. The average molecular weight is 244 g/mol. The summed E-state index contributed by atoms with van der Waals surface area (Å²) in [5.41, 5.74) is -0.314.